The first kappa shape index (κ1) is 18.5. The molecule has 0 spiro atoms. The molecule has 0 atom stereocenters. The zero-order valence-corrected chi connectivity index (χ0v) is 14.3. The summed E-state index contributed by atoms with van der Waals surface area (Å²) >= 11 is 5.81. The molecule has 2 amide bonds. The number of nitrogens with one attached hydrogen (secondary N) is 2. The largest absolute Gasteiger partial charge is 0.454 e. The molecule has 0 aliphatic heterocycles. The van der Waals surface area contributed by atoms with Crippen LogP contribution in [0.3, 0.4) is 0 Å². The van der Waals surface area contributed by atoms with E-state index in [4.69, 9.17) is 16.3 Å². The van der Waals surface area contributed by atoms with Crippen LogP contribution in [0.15, 0.2) is 48.5 Å². The highest BCUT2D eigenvalue weighted by molar-refractivity contribution is 6.30. The number of hydrogen-bond acceptors (Lipinski definition) is 4. The first-order valence-corrected chi connectivity index (χ1v) is 7.88. The van der Waals surface area contributed by atoms with E-state index in [1.807, 2.05) is 13.0 Å². The van der Waals surface area contributed by atoms with Gasteiger partial charge in [0, 0.05) is 16.3 Å². The molecular weight excluding hydrogens is 344 g/mol. The topological polar surface area (TPSA) is 84.5 Å². The van der Waals surface area contributed by atoms with Crippen LogP contribution >= 0.6 is 11.6 Å². The van der Waals surface area contributed by atoms with Crippen LogP contribution in [0.5, 0.6) is 0 Å². The second-order valence-electron chi connectivity index (χ2n) is 5.27. The van der Waals surface area contributed by atoms with Crippen molar-refractivity contribution >= 4 is 35.1 Å². The summed E-state index contributed by atoms with van der Waals surface area (Å²) in [4.78, 5) is 35.2. The van der Waals surface area contributed by atoms with Gasteiger partial charge in [0.25, 0.3) is 11.8 Å². The zero-order chi connectivity index (χ0) is 18.2. The van der Waals surface area contributed by atoms with Gasteiger partial charge in [-0.2, -0.15) is 0 Å². The van der Waals surface area contributed by atoms with Crippen LogP contribution in [-0.2, 0) is 14.3 Å². The molecule has 0 heterocycles. The lowest BCUT2D eigenvalue weighted by molar-refractivity contribution is -0.146. The highest BCUT2D eigenvalue weighted by Gasteiger charge is 2.11. The van der Waals surface area contributed by atoms with E-state index in [2.05, 4.69) is 10.6 Å². The van der Waals surface area contributed by atoms with Crippen molar-refractivity contribution < 1.29 is 19.1 Å². The Bertz CT molecular complexity index is 792. The number of anilines is 1. The van der Waals surface area contributed by atoms with Crippen molar-refractivity contribution in [2.75, 3.05) is 18.5 Å². The molecule has 0 unspecified atom stereocenters. The Morgan fingerprint density at radius 3 is 2.56 bits per heavy atom. The van der Waals surface area contributed by atoms with Crippen molar-refractivity contribution in [1.29, 1.82) is 0 Å². The third-order valence-corrected chi connectivity index (χ3v) is 3.38. The quantitative estimate of drug-likeness (QED) is 0.775. The number of hydrogen-bond donors (Lipinski definition) is 2. The zero-order valence-electron chi connectivity index (χ0n) is 13.5. The first-order chi connectivity index (χ1) is 11.9. The van der Waals surface area contributed by atoms with Gasteiger partial charge in [-0.25, -0.2) is 0 Å². The number of halogens is 1. The number of amides is 2. The second-order valence-corrected chi connectivity index (χ2v) is 5.71. The highest BCUT2D eigenvalue weighted by Crippen LogP contribution is 2.14. The van der Waals surface area contributed by atoms with Gasteiger partial charge in [0.2, 0.25) is 0 Å². The molecule has 0 bridgehead atoms. The van der Waals surface area contributed by atoms with E-state index in [-0.39, 0.29) is 12.5 Å². The molecule has 0 fully saturated rings. The van der Waals surface area contributed by atoms with Crippen LogP contribution in [0, 0.1) is 6.92 Å². The second kappa shape index (κ2) is 8.84. The third-order valence-electron chi connectivity index (χ3n) is 3.15. The standard InChI is InChI=1S/C18H17ClN2O4/c1-12-4-2-5-13(8-12)18(24)20-10-17(23)25-11-16(22)21-15-7-3-6-14(19)9-15/h2-9H,10-11H2,1H3,(H,20,24)(H,21,22). The van der Waals surface area contributed by atoms with Gasteiger partial charge in [-0.3, -0.25) is 14.4 Å². The monoisotopic (exact) mass is 360 g/mol. The van der Waals surface area contributed by atoms with E-state index in [0.717, 1.165) is 5.56 Å². The Labute approximate surface area is 150 Å². The Balaban J connectivity index is 1.73. The van der Waals surface area contributed by atoms with Crippen molar-refractivity contribution in [3.63, 3.8) is 0 Å². The smallest absolute Gasteiger partial charge is 0.325 e. The minimum atomic E-state index is -0.706. The fourth-order valence-corrected chi connectivity index (χ4v) is 2.19. The van der Waals surface area contributed by atoms with E-state index in [9.17, 15) is 14.4 Å². The van der Waals surface area contributed by atoms with Crippen LogP contribution in [0.25, 0.3) is 0 Å². The van der Waals surface area contributed by atoms with Gasteiger partial charge >= 0.3 is 5.97 Å². The van der Waals surface area contributed by atoms with Crippen molar-refractivity contribution in [2.24, 2.45) is 0 Å². The van der Waals surface area contributed by atoms with Crippen molar-refractivity contribution in [1.82, 2.24) is 5.32 Å². The van der Waals surface area contributed by atoms with Crippen LogP contribution in [0.2, 0.25) is 5.02 Å². The fourth-order valence-electron chi connectivity index (χ4n) is 2.00. The number of ether oxygens (including phenoxy) is 1. The summed E-state index contributed by atoms with van der Waals surface area (Å²) < 4.78 is 4.82. The lowest BCUT2D eigenvalue weighted by atomic mass is 10.1. The minimum absolute atomic E-state index is 0.322. The number of aryl methyl sites for hydroxylation is 1. The maximum absolute atomic E-state index is 11.9. The van der Waals surface area contributed by atoms with Crippen LogP contribution in [0.1, 0.15) is 15.9 Å². The highest BCUT2D eigenvalue weighted by atomic mass is 35.5. The molecule has 2 rings (SSSR count). The Hall–Kier alpha value is -2.86. The number of rotatable bonds is 6. The molecule has 0 aliphatic carbocycles. The molecule has 0 saturated carbocycles. The number of benzene rings is 2. The van der Waals surface area contributed by atoms with Gasteiger partial charge in [-0.05, 0) is 37.3 Å². The molecule has 25 heavy (non-hydrogen) atoms. The summed E-state index contributed by atoms with van der Waals surface area (Å²) in [5, 5.41) is 5.47. The van der Waals surface area contributed by atoms with Crippen LogP contribution < -0.4 is 10.6 Å². The fraction of sp³-hybridized carbons (Fsp3) is 0.167. The average Bonchev–Trinajstić information content (AvgIpc) is 2.58. The molecule has 6 nitrogen and oxygen atoms in total. The maximum atomic E-state index is 11.9. The summed E-state index contributed by atoms with van der Waals surface area (Å²) in [5.41, 5.74) is 1.89. The molecule has 7 heteroatoms. The minimum Gasteiger partial charge on any atom is -0.454 e. The summed E-state index contributed by atoms with van der Waals surface area (Å²) in [6.07, 6.45) is 0. The SMILES string of the molecule is Cc1cccc(C(=O)NCC(=O)OCC(=O)Nc2cccc(Cl)c2)c1. The van der Waals surface area contributed by atoms with Gasteiger partial charge in [-0.1, -0.05) is 35.4 Å². The third kappa shape index (κ3) is 6.27. The Morgan fingerprint density at radius 2 is 1.84 bits per heavy atom. The number of esters is 1. The summed E-state index contributed by atoms with van der Waals surface area (Å²) in [6, 6.07) is 13.6. The number of carbonyl (C=O) groups is 3. The molecule has 0 radical (unpaired) electrons. The van der Waals surface area contributed by atoms with E-state index < -0.39 is 18.5 Å². The van der Waals surface area contributed by atoms with E-state index in [0.29, 0.717) is 16.3 Å². The molecular formula is C18H17ClN2O4. The predicted octanol–water partition coefficient (Wildman–Crippen LogP) is 2.56. The molecule has 0 aliphatic rings. The number of carbonyl (C=O) groups excluding carboxylic acids is 3. The first-order valence-electron chi connectivity index (χ1n) is 7.50. The summed E-state index contributed by atoms with van der Waals surface area (Å²) in [5.74, 6) is -1.59. The summed E-state index contributed by atoms with van der Waals surface area (Å²) in [7, 11) is 0. The van der Waals surface area contributed by atoms with Gasteiger partial charge in [0.05, 0.1) is 0 Å². The lowest BCUT2D eigenvalue weighted by Gasteiger charge is -2.08. The average molecular weight is 361 g/mol. The van der Waals surface area contributed by atoms with Crippen molar-refractivity contribution in [3.05, 3.63) is 64.7 Å². The van der Waals surface area contributed by atoms with E-state index >= 15 is 0 Å². The van der Waals surface area contributed by atoms with Crippen LogP contribution in [0.4, 0.5) is 5.69 Å². The van der Waals surface area contributed by atoms with Gasteiger partial charge in [0.1, 0.15) is 6.54 Å². The molecule has 0 saturated heterocycles. The summed E-state index contributed by atoms with van der Waals surface area (Å²) in [6.45, 7) is 1.09. The van der Waals surface area contributed by atoms with E-state index in [1.165, 1.54) is 0 Å². The van der Waals surface area contributed by atoms with Gasteiger partial charge in [0.15, 0.2) is 6.61 Å². The predicted molar refractivity (Wildman–Crippen MR) is 94.6 cm³/mol. The molecule has 2 aromatic carbocycles. The van der Waals surface area contributed by atoms with Crippen molar-refractivity contribution in [2.45, 2.75) is 6.92 Å². The van der Waals surface area contributed by atoms with Crippen molar-refractivity contribution in [3.8, 4) is 0 Å². The van der Waals surface area contributed by atoms with E-state index in [1.54, 1.807) is 42.5 Å². The van der Waals surface area contributed by atoms with Crippen LogP contribution in [-0.4, -0.2) is 30.9 Å². The Morgan fingerprint density at radius 1 is 1.08 bits per heavy atom. The molecule has 2 aromatic rings. The van der Waals surface area contributed by atoms with Gasteiger partial charge in [-0.15, -0.1) is 0 Å². The molecule has 130 valence electrons. The molecule has 2 N–H and O–H groups in total. The lowest BCUT2D eigenvalue weighted by Crippen LogP contribution is -2.32. The molecule has 0 aromatic heterocycles. The van der Waals surface area contributed by atoms with Gasteiger partial charge < -0.3 is 15.4 Å². The normalized spacial score (nSPS) is 10.0. The maximum Gasteiger partial charge on any atom is 0.325 e. The Kier molecular flexibility index (Phi) is 6.54.